The summed E-state index contributed by atoms with van der Waals surface area (Å²) in [5, 5.41) is 2.00. The molecule has 0 saturated carbocycles. The molecule has 2 atom stereocenters. The molecular formula is C21H24N2O5S2. The first-order valence-electron chi connectivity index (χ1n) is 9.88. The third-order valence-corrected chi connectivity index (χ3v) is 7.84. The van der Waals surface area contributed by atoms with Crippen LogP contribution in [0.3, 0.4) is 0 Å². The maximum atomic E-state index is 12.7. The van der Waals surface area contributed by atoms with E-state index in [9.17, 15) is 18.0 Å². The summed E-state index contributed by atoms with van der Waals surface area (Å²) in [6, 6.07) is 8.69. The van der Waals surface area contributed by atoms with Gasteiger partial charge in [-0.2, -0.15) is 0 Å². The van der Waals surface area contributed by atoms with E-state index in [4.69, 9.17) is 4.74 Å². The molecule has 30 heavy (non-hydrogen) atoms. The smallest absolute Gasteiger partial charge is 0.338 e. The van der Waals surface area contributed by atoms with Crippen LogP contribution in [-0.2, 0) is 26.0 Å². The first kappa shape index (κ1) is 20.9. The number of carbonyl (C=O) groups excluding carboxylic acids is 2. The molecule has 1 saturated heterocycles. The quantitative estimate of drug-likeness (QED) is 0.657. The number of benzene rings is 1. The monoisotopic (exact) mass is 448 g/mol. The second-order valence-electron chi connectivity index (χ2n) is 7.79. The molecule has 0 bridgehead atoms. The SMILES string of the molecule is CC1Cc2cc(C(=O)OCC(=O)N3CCCC3c3cccs3)ccc2N1S(C)(=O)=O. The molecule has 9 heteroatoms. The summed E-state index contributed by atoms with van der Waals surface area (Å²) in [6.07, 6.45) is 3.55. The zero-order valence-electron chi connectivity index (χ0n) is 16.9. The molecule has 1 fully saturated rings. The zero-order valence-corrected chi connectivity index (χ0v) is 18.5. The molecule has 0 aliphatic carbocycles. The van der Waals surface area contributed by atoms with Crippen molar-refractivity contribution in [3.05, 3.63) is 51.7 Å². The number of anilines is 1. The summed E-state index contributed by atoms with van der Waals surface area (Å²) < 4.78 is 30.7. The van der Waals surface area contributed by atoms with Gasteiger partial charge in [-0.15, -0.1) is 11.3 Å². The van der Waals surface area contributed by atoms with Crippen LogP contribution in [0.4, 0.5) is 5.69 Å². The molecule has 0 N–H and O–H groups in total. The van der Waals surface area contributed by atoms with E-state index in [1.807, 2.05) is 24.4 Å². The van der Waals surface area contributed by atoms with Crippen LogP contribution >= 0.6 is 11.3 Å². The highest BCUT2D eigenvalue weighted by Gasteiger charge is 2.34. The molecule has 4 rings (SSSR count). The molecule has 2 unspecified atom stereocenters. The third kappa shape index (κ3) is 3.96. The summed E-state index contributed by atoms with van der Waals surface area (Å²) in [7, 11) is -3.39. The molecule has 0 spiro atoms. The lowest BCUT2D eigenvalue weighted by molar-refractivity contribution is -0.135. The molecule has 0 radical (unpaired) electrons. The van der Waals surface area contributed by atoms with Crippen molar-refractivity contribution in [2.75, 3.05) is 23.7 Å². The van der Waals surface area contributed by atoms with Crippen molar-refractivity contribution < 1.29 is 22.7 Å². The fourth-order valence-electron chi connectivity index (χ4n) is 4.37. The lowest BCUT2D eigenvalue weighted by Gasteiger charge is -2.23. The molecular weight excluding hydrogens is 424 g/mol. The standard InChI is InChI=1S/C21H24N2O5S2/c1-14-11-16-12-15(7-8-17(16)23(14)30(2,26)27)21(25)28-13-20(24)22-9-3-5-18(22)19-6-4-10-29-19/h4,6-8,10,12,14,18H,3,5,9,11,13H2,1-2H3. The Balaban J connectivity index is 1.42. The van der Waals surface area contributed by atoms with Crippen LogP contribution in [0.15, 0.2) is 35.7 Å². The Kier molecular flexibility index (Phi) is 5.59. The summed E-state index contributed by atoms with van der Waals surface area (Å²) >= 11 is 1.63. The fourth-order valence-corrected chi connectivity index (χ4v) is 6.51. The highest BCUT2D eigenvalue weighted by Crippen LogP contribution is 2.36. The maximum Gasteiger partial charge on any atom is 0.338 e. The van der Waals surface area contributed by atoms with Crippen molar-refractivity contribution in [2.45, 2.75) is 38.3 Å². The Morgan fingerprint density at radius 3 is 2.77 bits per heavy atom. The fraction of sp³-hybridized carbons (Fsp3) is 0.429. The predicted octanol–water partition coefficient (Wildman–Crippen LogP) is 2.98. The van der Waals surface area contributed by atoms with Crippen molar-refractivity contribution in [1.29, 1.82) is 0 Å². The predicted molar refractivity (Wildman–Crippen MR) is 115 cm³/mol. The van der Waals surface area contributed by atoms with Gasteiger partial charge in [0.2, 0.25) is 10.0 Å². The number of fused-ring (bicyclic) bond motifs is 1. The number of esters is 1. The highest BCUT2D eigenvalue weighted by molar-refractivity contribution is 7.92. The molecule has 2 aliphatic rings. The van der Waals surface area contributed by atoms with Crippen molar-refractivity contribution in [3.8, 4) is 0 Å². The van der Waals surface area contributed by atoms with Crippen LogP contribution in [0.1, 0.15) is 46.6 Å². The molecule has 1 amide bonds. The van der Waals surface area contributed by atoms with E-state index in [0.29, 0.717) is 24.2 Å². The van der Waals surface area contributed by atoms with Crippen LogP contribution in [0.2, 0.25) is 0 Å². The zero-order chi connectivity index (χ0) is 21.5. The van der Waals surface area contributed by atoms with Crippen LogP contribution in [-0.4, -0.2) is 50.6 Å². The molecule has 7 nitrogen and oxygen atoms in total. The Labute approximate surface area is 180 Å². The normalized spacial score (nSPS) is 21.0. The number of amides is 1. The molecule has 1 aromatic carbocycles. The van der Waals surface area contributed by atoms with E-state index in [0.717, 1.165) is 23.3 Å². The maximum absolute atomic E-state index is 12.7. The van der Waals surface area contributed by atoms with E-state index in [-0.39, 0.29) is 24.6 Å². The Morgan fingerprint density at radius 2 is 2.07 bits per heavy atom. The van der Waals surface area contributed by atoms with Crippen LogP contribution < -0.4 is 4.31 Å². The van der Waals surface area contributed by atoms with Gasteiger partial charge in [-0.05, 0) is 61.4 Å². The summed E-state index contributed by atoms with van der Waals surface area (Å²) in [5.41, 5.74) is 1.69. The van der Waals surface area contributed by atoms with Crippen molar-refractivity contribution in [1.82, 2.24) is 4.90 Å². The number of hydrogen-bond donors (Lipinski definition) is 0. The summed E-state index contributed by atoms with van der Waals surface area (Å²) in [5.74, 6) is -0.777. The molecule has 2 aliphatic heterocycles. The number of nitrogens with zero attached hydrogens (tertiary/aromatic N) is 2. The van der Waals surface area contributed by atoms with Crippen molar-refractivity contribution >= 4 is 38.9 Å². The van der Waals surface area contributed by atoms with E-state index >= 15 is 0 Å². The van der Waals surface area contributed by atoms with Gasteiger partial charge in [0.15, 0.2) is 6.61 Å². The van der Waals surface area contributed by atoms with Crippen molar-refractivity contribution in [2.24, 2.45) is 0 Å². The van der Waals surface area contributed by atoms with Gasteiger partial charge in [0.1, 0.15) is 0 Å². The average Bonchev–Trinajstić information content (AvgIpc) is 3.41. The van der Waals surface area contributed by atoms with Crippen LogP contribution in [0.5, 0.6) is 0 Å². The van der Waals surface area contributed by atoms with E-state index < -0.39 is 16.0 Å². The van der Waals surface area contributed by atoms with Gasteiger partial charge in [0.25, 0.3) is 5.91 Å². The van der Waals surface area contributed by atoms with Gasteiger partial charge in [0.05, 0.1) is 23.5 Å². The second-order valence-corrected chi connectivity index (χ2v) is 10.6. The number of likely N-dealkylation sites (tertiary alicyclic amines) is 1. The minimum absolute atomic E-state index is 0.0552. The van der Waals surface area contributed by atoms with Gasteiger partial charge >= 0.3 is 5.97 Å². The van der Waals surface area contributed by atoms with E-state index in [1.165, 1.54) is 10.6 Å². The van der Waals surface area contributed by atoms with Crippen LogP contribution in [0.25, 0.3) is 0 Å². The van der Waals surface area contributed by atoms with Gasteiger partial charge in [-0.25, -0.2) is 13.2 Å². The first-order chi connectivity index (χ1) is 14.3. The molecule has 2 aromatic rings. The highest BCUT2D eigenvalue weighted by atomic mass is 32.2. The first-order valence-corrected chi connectivity index (χ1v) is 12.6. The van der Waals surface area contributed by atoms with E-state index in [1.54, 1.807) is 34.4 Å². The lowest BCUT2D eigenvalue weighted by atomic mass is 10.1. The summed E-state index contributed by atoms with van der Waals surface area (Å²) in [6.45, 7) is 2.19. The Bertz CT molecular complexity index is 1070. The number of carbonyl (C=O) groups is 2. The summed E-state index contributed by atoms with van der Waals surface area (Å²) in [4.78, 5) is 28.1. The Morgan fingerprint density at radius 1 is 1.27 bits per heavy atom. The minimum atomic E-state index is -3.39. The molecule has 160 valence electrons. The number of rotatable bonds is 5. The molecule has 1 aromatic heterocycles. The minimum Gasteiger partial charge on any atom is -0.452 e. The molecule has 3 heterocycles. The van der Waals surface area contributed by atoms with Gasteiger partial charge in [-0.1, -0.05) is 6.07 Å². The second kappa shape index (κ2) is 8.03. The van der Waals surface area contributed by atoms with Crippen LogP contribution in [0, 0.1) is 0 Å². The third-order valence-electron chi connectivity index (χ3n) is 5.60. The van der Waals surface area contributed by atoms with E-state index in [2.05, 4.69) is 0 Å². The average molecular weight is 449 g/mol. The number of thiophene rings is 1. The topological polar surface area (TPSA) is 84.0 Å². The Hall–Kier alpha value is -2.39. The number of sulfonamides is 1. The lowest BCUT2D eigenvalue weighted by Crippen LogP contribution is -2.34. The van der Waals surface area contributed by atoms with Crippen molar-refractivity contribution in [3.63, 3.8) is 0 Å². The number of ether oxygens (including phenoxy) is 1. The largest absolute Gasteiger partial charge is 0.452 e. The van der Waals surface area contributed by atoms with Gasteiger partial charge in [-0.3, -0.25) is 9.10 Å². The van der Waals surface area contributed by atoms with Gasteiger partial charge in [0, 0.05) is 17.5 Å². The van der Waals surface area contributed by atoms with Gasteiger partial charge < -0.3 is 9.64 Å². The number of hydrogen-bond acceptors (Lipinski definition) is 6.